The number of rotatable bonds is 2. The summed E-state index contributed by atoms with van der Waals surface area (Å²) in [7, 11) is 1.56. The Labute approximate surface area is 57.4 Å². The Morgan fingerprint density at radius 3 is 3.00 bits per heavy atom. The van der Waals surface area contributed by atoms with Gasteiger partial charge in [-0.25, -0.2) is 0 Å². The molecule has 0 fully saturated rings. The van der Waals surface area contributed by atoms with Crippen LogP contribution in [0, 0.1) is 0 Å². The number of methoxy groups -OCH3 is 1. The van der Waals surface area contributed by atoms with Gasteiger partial charge in [0.1, 0.15) is 6.73 Å². The molecule has 0 atom stereocenters. The second-order valence-corrected chi connectivity index (χ2v) is 1.80. The highest BCUT2D eigenvalue weighted by Crippen LogP contribution is 1.95. The third-order valence-corrected chi connectivity index (χ3v) is 1.08. The Bertz CT molecular complexity index is 188. The molecule has 50 valence electrons. The average molecular weight is 146 g/mol. The summed E-state index contributed by atoms with van der Waals surface area (Å²) in [4.78, 5) is 0. The lowest BCUT2D eigenvalue weighted by Crippen LogP contribution is -2.02. The summed E-state index contributed by atoms with van der Waals surface area (Å²) in [6, 6.07) is 0. The molecule has 1 aromatic rings. The van der Waals surface area contributed by atoms with E-state index in [9.17, 15) is 0 Å². The molecule has 0 N–H and O–H groups in total. The minimum Gasteiger partial charge on any atom is -0.362 e. The first-order valence-electron chi connectivity index (χ1n) is 2.28. The third-order valence-electron chi connectivity index (χ3n) is 0.764. The van der Waals surface area contributed by atoms with Crippen molar-refractivity contribution in [2.45, 2.75) is 11.9 Å². The first-order chi connectivity index (χ1) is 4.34. The Hall–Kier alpha value is -0.620. The van der Waals surface area contributed by atoms with Gasteiger partial charge in [-0.15, -0.1) is 17.7 Å². The fraction of sp³-hybridized carbons (Fsp3) is 0.667. The standard InChI is InChI=1S/C3H6N4OS/c1-8-2-7-3(9)4-5-6-7/h2H2,1H3,(H,4,6,9). The first-order valence-corrected chi connectivity index (χ1v) is 2.73. The van der Waals surface area contributed by atoms with Crippen LogP contribution in [0.2, 0.25) is 0 Å². The van der Waals surface area contributed by atoms with Gasteiger partial charge < -0.3 is 4.74 Å². The van der Waals surface area contributed by atoms with Crippen molar-refractivity contribution in [3.8, 4) is 0 Å². The molecule has 0 saturated heterocycles. The molecule has 0 amide bonds. The van der Waals surface area contributed by atoms with E-state index < -0.39 is 0 Å². The van der Waals surface area contributed by atoms with Crippen molar-refractivity contribution in [1.29, 1.82) is 0 Å². The van der Waals surface area contributed by atoms with E-state index >= 15 is 0 Å². The molecular weight excluding hydrogens is 140 g/mol. The molecule has 0 aliphatic carbocycles. The largest absolute Gasteiger partial charge is 0.362 e. The van der Waals surface area contributed by atoms with Gasteiger partial charge in [0.05, 0.1) is 0 Å². The van der Waals surface area contributed by atoms with Crippen LogP contribution >= 0.6 is 12.6 Å². The van der Waals surface area contributed by atoms with Gasteiger partial charge in [-0.3, -0.25) is 0 Å². The van der Waals surface area contributed by atoms with Gasteiger partial charge in [-0.1, -0.05) is 0 Å². The monoisotopic (exact) mass is 146 g/mol. The minimum absolute atomic E-state index is 0.339. The Balaban J connectivity index is 2.69. The van der Waals surface area contributed by atoms with Crippen LogP contribution in [0.5, 0.6) is 0 Å². The molecule has 6 heteroatoms. The predicted octanol–water partition coefficient (Wildman–Crippen LogP) is -0.434. The minimum atomic E-state index is 0.339. The van der Waals surface area contributed by atoms with E-state index in [1.807, 2.05) is 0 Å². The topological polar surface area (TPSA) is 52.8 Å². The van der Waals surface area contributed by atoms with Gasteiger partial charge in [-0.2, -0.15) is 4.68 Å². The highest BCUT2D eigenvalue weighted by Gasteiger charge is 1.96. The van der Waals surface area contributed by atoms with Crippen LogP contribution in [-0.4, -0.2) is 27.3 Å². The summed E-state index contributed by atoms with van der Waals surface area (Å²) in [6.45, 7) is 0.339. The molecule has 0 radical (unpaired) electrons. The first kappa shape index (κ1) is 6.50. The molecular formula is C3H6N4OS. The van der Waals surface area contributed by atoms with Crippen LogP contribution in [0.3, 0.4) is 0 Å². The zero-order chi connectivity index (χ0) is 6.69. The number of hydrogen-bond acceptors (Lipinski definition) is 5. The van der Waals surface area contributed by atoms with Crippen molar-refractivity contribution in [3.05, 3.63) is 0 Å². The number of tetrazole rings is 1. The second-order valence-electron chi connectivity index (χ2n) is 1.40. The predicted molar refractivity (Wildman–Crippen MR) is 32.1 cm³/mol. The Morgan fingerprint density at radius 2 is 2.56 bits per heavy atom. The van der Waals surface area contributed by atoms with Crippen LogP contribution in [0.4, 0.5) is 0 Å². The fourth-order valence-corrected chi connectivity index (χ4v) is 0.543. The van der Waals surface area contributed by atoms with E-state index in [2.05, 4.69) is 28.2 Å². The Kier molecular flexibility index (Phi) is 2.01. The molecule has 0 aromatic carbocycles. The highest BCUT2D eigenvalue weighted by molar-refractivity contribution is 7.80. The summed E-state index contributed by atoms with van der Waals surface area (Å²) >= 11 is 3.93. The van der Waals surface area contributed by atoms with E-state index in [4.69, 9.17) is 4.74 Å². The summed E-state index contributed by atoms with van der Waals surface area (Å²) in [5.74, 6) is 0. The molecule has 1 heterocycles. The zero-order valence-electron chi connectivity index (χ0n) is 4.85. The van der Waals surface area contributed by atoms with Crippen molar-refractivity contribution in [2.75, 3.05) is 7.11 Å². The van der Waals surface area contributed by atoms with E-state index in [-0.39, 0.29) is 0 Å². The van der Waals surface area contributed by atoms with Crippen molar-refractivity contribution in [2.24, 2.45) is 0 Å². The lowest BCUT2D eigenvalue weighted by atomic mass is 11.1. The molecule has 0 spiro atoms. The number of nitrogens with zero attached hydrogens (tertiary/aromatic N) is 4. The second kappa shape index (κ2) is 2.79. The van der Waals surface area contributed by atoms with Crippen molar-refractivity contribution in [1.82, 2.24) is 20.2 Å². The lowest BCUT2D eigenvalue weighted by Gasteiger charge is -1.95. The van der Waals surface area contributed by atoms with E-state index in [1.54, 1.807) is 7.11 Å². The molecule has 1 rings (SSSR count). The van der Waals surface area contributed by atoms with Gasteiger partial charge in [0.25, 0.3) is 0 Å². The molecule has 1 aromatic heterocycles. The summed E-state index contributed by atoms with van der Waals surface area (Å²) in [6.07, 6.45) is 0. The van der Waals surface area contributed by atoms with Gasteiger partial charge in [-0.05, 0) is 10.4 Å². The van der Waals surface area contributed by atoms with Gasteiger partial charge in [0.2, 0.25) is 5.16 Å². The van der Waals surface area contributed by atoms with Gasteiger partial charge >= 0.3 is 0 Å². The summed E-state index contributed by atoms with van der Waals surface area (Å²) in [5.41, 5.74) is 0. The number of thiol groups is 1. The fourth-order valence-electron chi connectivity index (χ4n) is 0.406. The number of hydrogen-bond donors (Lipinski definition) is 1. The normalized spacial score (nSPS) is 10.0. The summed E-state index contributed by atoms with van der Waals surface area (Å²) in [5, 5.41) is 10.9. The number of ether oxygens (including phenoxy) is 1. The smallest absolute Gasteiger partial charge is 0.208 e. The summed E-state index contributed by atoms with van der Waals surface area (Å²) < 4.78 is 6.17. The van der Waals surface area contributed by atoms with E-state index in [1.165, 1.54) is 4.68 Å². The highest BCUT2D eigenvalue weighted by atomic mass is 32.1. The maximum Gasteiger partial charge on any atom is 0.208 e. The zero-order valence-corrected chi connectivity index (χ0v) is 5.75. The van der Waals surface area contributed by atoms with Crippen LogP contribution in [0.15, 0.2) is 5.16 Å². The maximum absolute atomic E-state index is 4.74. The molecule has 0 saturated carbocycles. The van der Waals surface area contributed by atoms with Crippen LogP contribution < -0.4 is 0 Å². The molecule has 0 unspecified atom stereocenters. The molecule has 9 heavy (non-hydrogen) atoms. The molecule has 5 nitrogen and oxygen atoms in total. The Morgan fingerprint density at radius 1 is 1.78 bits per heavy atom. The van der Waals surface area contributed by atoms with Crippen molar-refractivity contribution in [3.63, 3.8) is 0 Å². The quantitative estimate of drug-likeness (QED) is 0.575. The van der Waals surface area contributed by atoms with E-state index in [0.29, 0.717) is 11.9 Å². The lowest BCUT2D eigenvalue weighted by molar-refractivity contribution is 0.111. The van der Waals surface area contributed by atoms with Gasteiger partial charge in [0, 0.05) is 7.11 Å². The van der Waals surface area contributed by atoms with Crippen LogP contribution in [0.1, 0.15) is 0 Å². The third kappa shape index (κ3) is 1.39. The van der Waals surface area contributed by atoms with Crippen molar-refractivity contribution >= 4 is 12.6 Å². The van der Waals surface area contributed by atoms with Crippen molar-refractivity contribution < 1.29 is 4.74 Å². The molecule has 0 bridgehead atoms. The SMILES string of the molecule is COCn1nnnc1S. The maximum atomic E-state index is 4.74. The molecule has 0 aliphatic rings. The van der Waals surface area contributed by atoms with E-state index in [0.717, 1.165) is 0 Å². The van der Waals surface area contributed by atoms with Crippen LogP contribution in [-0.2, 0) is 11.5 Å². The molecule has 0 aliphatic heterocycles. The average Bonchev–Trinajstić information content (AvgIpc) is 2.18. The van der Waals surface area contributed by atoms with Gasteiger partial charge in [0.15, 0.2) is 0 Å². The van der Waals surface area contributed by atoms with Crippen LogP contribution in [0.25, 0.3) is 0 Å². The number of aromatic nitrogens is 4.